The normalized spacial score (nSPS) is 13.0. The quantitative estimate of drug-likeness (QED) is 0.335. The fourth-order valence-electron chi connectivity index (χ4n) is 2.70. The van der Waals surface area contributed by atoms with Gasteiger partial charge in [0.25, 0.3) is 5.91 Å². The van der Waals surface area contributed by atoms with E-state index in [1.807, 2.05) is 0 Å². The molecule has 8 nitrogen and oxygen atoms in total. The van der Waals surface area contributed by atoms with Gasteiger partial charge in [-0.1, -0.05) is 0 Å². The van der Waals surface area contributed by atoms with Crippen LogP contribution in [0.15, 0.2) is 18.2 Å². The second kappa shape index (κ2) is 11.1. The lowest BCUT2D eigenvalue weighted by molar-refractivity contribution is -0.188. The van der Waals surface area contributed by atoms with Gasteiger partial charge in [-0.15, -0.1) is 11.6 Å². The first-order chi connectivity index (χ1) is 14.3. The molecule has 0 radical (unpaired) electrons. The molecule has 31 heavy (non-hydrogen) atoms. The highest BCUT2D eigenvalue weighted by molar-refractivity contribution is 6.18. The van der Waals surface area contributed by atoms with E-state index in [1.54, 1.807) is 27.7 Å². The largest absolute Gasteiger partial charge is 0.457 e. The zero-order valence-electron chi connectivity index (χ0n) is 18.4. The van der Waals surface area contributed by atoms with Crippen LogP contribution in [0.1, 0.15) is 40.2 Å². The molecule has 0 saturated heterocycles. The summed E-state index contributed by atoms with van der Waals surface area (Å²) in [5.74, 6) is -4.25. The van der Waals surface area contributed by atoms with Gasteiger partial charge >= 0.3 is 17.9 Å². The maximum atomic E-state index is 13.5. The Morgan fingerprint density at radius 2 is 1.61 bits per heavy atom. The summed E-state index contributed by atoms with van der Waals surface area (Å²) in [4.78, 5) is 50.6. The average molecular weight is 460 g/mol. The number of nitrogens with zero attached hydrogens (tertiary/aromatic N) is 1. The molecule has 0 spiro atoms. The monoisotopic (exact) mass is 459 g/mol. The molecule has 0 aromatic heterocycles. The molecule has 0 aliphatic rings. The molecule has 0 fully saturated rings. The molecule has 1 amide bonds. The predicted molar refractivity (Wildman–Crippen MR) is 111 cm³/mol. The van der Waals surface area contributed by atoms with Crippen LogP contribution >= 0.6 is 11.6 Å². The number of amides is 1. The molecular formula is C21H27ClFNO7. The van der Waals surface area contributed by atoms with E-state index in [4.69, 9.17) is 25.8 Å². The van der Waals surface area contributed by atoms with Gasteiger partial charge in [0.1, 0.15) is 11.4 Å². The van der Waals surface area contributed by atoms with Crippen LogP contribution in [-0.2, 0) is 33.4 Å². The third-order valence-electron chi connectivity index (χ3n) is 3.77. The minimum absolute atomic E-state index is 0.0139. The summed E-state index contributed by atoms with van der Waals surface area (Å²) in [5.41, 5.74) is -0.279. The van der Waals surface area contributed by atoms with Crippen LogP contribution in [0.5, 0.6) is 0 Å². The summed E-state index contributed by atoms with van der Waals surface area (Å²) in [6.07, 6.45) is -3.70. The number of anilines is 1. The van der Waals surface area contributed by atoms with Crippen molar-refractivity contribution in [1.29, 1.82) is 0 Å². The maximum absolute atomic E-state index is 13.5. The number of carbonyl (C=O) groups is 4. The molecule has 1 aromatic rings. The first-order valence-electron chi connectivity index (χ1n) is 9.47. The minimum atomic E-state index is -1.85. The van der Waals surface area contributed by atoms with Crippen LogP contribution in [0.4, 0.5) is 10.1 Å². The topological polar surface area (TPSA) is 99.2 Å². The summed E-state index contributed by atoms with van der Waals surface area (Å²) in [6.45, 7) is 8.35. The van der Waals surface area contributed by atoms with Crippen LogP contribution in [0.2, 0.25) is 0 Å². The third-order valence-corrected chi connectivity index (χ3v) is 3.94. The Morgan fingerprint density at radius 3 is 2.06 bits per heavy atom. The third kappa shape index (κ3) is 8.16. The maximum Gasteiger partial charge on any atom is 0.352 e. The van der Waals surface area contributed by atoms with Crippen molar-refractivity contribution < 1.29 is 37.8 Å². The molecule has 172 valence electrons. The Labute approximate surface area is 185 Å². The first-order valence-corrected chi connectivity index (χ1v) is 10.0. The fourth-order valence-corrected chi connectivity index (χ4v) is 2.87. The van der Waals surface area contributed by atoms with Crippen LogP contribution < -0.4 is 4.90 Å². The fraction of sp³-hybridized carbons (Fsp3) is 0.524. The van der Waals surface area contributed by atoms with E-state index < -0.39 is 47.4 Å². The van der Waals surface area contributed by atoms with Gasteiger partial charge in [-0.2, -0.15) is 0 Å². The molecule has 1 rings (SSSR count). The first kappa shape index (κ1) is 26.4. The molecule has 1 aromatic carbocycles. The van der Waals surface area contributed by atoms with E-state index in [2.05, 4.69) is 0 Å². The van der Waals surface area contributed by atoms with E-state index >= 15 is 0 Å². The van der Waals surface area contributed by atoms with Gasteiger partial charge in [-0.05, 0) is 51.5 Å². The summed E-state index contributed by atoms with van der Waals surface area (Å²) in [7, 11) is 0. The van der Waals surface area contributed by atoms with Crippen molar-refractivity contribution >= 4 is 41.1 Å². The van der Waals surface area contributed by atoms with Crippen LogP contribution in [0, 0.1) is 12.7 Å². The van der Waals surface area contributed by atoms with E-state index in [0.717, 1.165) is 24.8 Å². The van der Waals surface area contributed by atoms with E-state index in [-0.39, 0.29) is 18.1 Å². The molecule has 0 aliphatic heterocycles. The Balaban J connectivity index is 3.47. The van der Waals surface area contributed by atoms with Crippen molar-refractivity contribution in [2.24, 2.45) is 0 Å². The molecule has 0 N–H and O–H groups in total. The summed E-state index contributed by atoms with van der Waals surface area (Å²) >= 11 is 5.85. The second-order valence-electron chi connectivity index (χ2n) is 7.70. The number of alkyl halides is 1. The van der Waals surface area contributed by atoms with Gasteiger partial charge in [0.05, 0.1) is 0 Å². The highest BCUT2D eigenvalue weighted by Crippen LogP contribution is 2.24. The van der Waals surface area contributed by atoms with Gasteiger partial charge in [0.15, 0.2) is 0 Å². The Morgan fingerprint density at radius 1 is 1.06 bits per heavy atom. The standard InChI is InChI=1S/C21H27ClFNO7/c1-12-11-15(23)7-8-16(12)24(10-9-22)19(27)17(29-13(2)25)18(30-14(3)26)20(28)31-21(4,5)6/h7-8,11,17-18H,9-10H2,1-6H3/t17-,18-/m1/s1. The molecule has 0 saturated carbocycles. The molecule has 0 aliphatic carbocycles. The number of benzene rings is 1. The minimum Gasteiger partial charge on any atom is -0.457 e. The number of hydrogen-bond donors (Lipinski definition) is 0. The van der Waals surface area contributed by atoms with Crippen molar-refractivity contribution in [3.63, 3.8) is 0 Å². The number of hydrogen-bond acceptors (Lipinski definition) is 7. The highest BCUT2D eigenvalue weighted by Gasteiger charge is 2.44. The van der Waals surface area contributed by atoms with E-state index in [1.165, 1.54) is 12.1 Å². The van der Waals surface area contributed by atoms with Gasteiger partial charge in [0.2, 0.25) is 12.2 Å². The van der Waals surface area contributed by atoms with Gasteiger partial charge in [-0.25, -0.2) is 9.18 Å². The highest BCUT2D eigenvalue weighted by atomic mass is 35.5. The Kier molecular flexibility index (Phi) is 9.42. The second-order valence-corrected chi connectivity index (χ2v) is 8.08. The number of carbonyl (C=O) groups excluding carboxylic acids is 4. The van der Waals surface area contributed by atoms with Gasteiger partial charge in [0, 0.05) is 32.0 Å². The predicted octanol–water partition coefficient (Wildman–Crippen LogP) is 2.91. The number of aryl methyl sites for hydroxylation is 1. The zero-order valence-corrected chi connectivity index (χ0v) is 19.1. The SMILES string of the molecule is CC(=O)O[C@@H](C(=O)OC(C)(C)C)[C@@H](OC(C)=O)C(=O)N(CCCl)c1ccc(F)cc1C. The molecule has 0 heterocycles. The average Bonchev–Trinajstić information content (AvgIpc) is 2.60. The van der Waals surface area contributed by atoms with Crippen LogP contribution in [-0.4, -0.2) is 54.0 Å². The van der Waals surface area contributed by atoms with E-state index in [0.29, 0.717) is 5.56 Å². The molecule has 0 bridgehead atoms. The van der Waals surface area contributed by atoms with E-state index in [9.17, 15) is 23.6 Å². The van der Waals surface area contributed by atoms with Crippen molar-refractivity contribution in [1.82, 2.24) is 0 Å². The number of halogens is 2. The summed E-state index contributed by atoms with van der Waals surface area (Å²) < 4.78 is 28.9. The number of esters is 3. The van der Waals surface area contributed by atoms with Crippen molar-refractivity contribution in [2.75, 3.05) is 17.3 Å². The summed E-state index contributed by atoms with van der Waals surface area (Å²) in [6, 6.07) is 3.71. The van der Waals surface area contributed by atoms with Crippen molar-refractivity contribution in [2.45, 2.75) is 59.4 Å². The number of rotatable bonds is 8. The van der Waals surface area contributed by atoms with Crippen molar-refractivity contribution in [3.05, 3.63) is 29.6 Å². The molecule has 0 unspecified atom stereocenters. The van der Waals surface area contributed by atoms with Crippen molar-refractivity contribution in [3.8, 4) is 0 Å². The summed E-state index contributed by atoms with van der Waals surface area (Å²) in [5, 5.41) is 0. The molecular weight excluding hydrogens is 433 g/mol. The zero-order chi connectivity index (χ0) is 23.9. The lowest BCUT2D eigenvalue weighted by Crippen LogP contribution is -2.53. The number of ether oxygens (including phenoxy) is 3. The van der Waals surface area contributed by atoms with Gasteiger partial charge < -0.3 is 19.1 Å². The molecule has 10 heteroatoms. The smallest absolute Gasteiger partial charge is 0.352 e. The van der Waals surface area contributed by atoms with Crippen LogP contribution in [0.25, 0.3) is 0 Å². The Bertz CT molecular complexity index is 838. The Hall–Kier alpha value is -2.68. The lowest BCUT2D eigenvalue weighted by atomic mass is 10.1. The van der Waals surface area contributed by atoms with Crippen LogP contribution in [0.3, 0.4) is 0 Å². The van der Waals surface area contributed by atoms with Gasteiger partial charge in [-0.3, -0.25) is 14.4 Å². The lowest BCUT2D eigenvalue weighted by Gasteiger charge is -2.31. The molecule has 2 atom stereocenters.